The minimum atomic E-state index is 0.338. The van der Waals surface area contributed by atoms with Crippen molar-refractivity contribution in [2.75, 3.05) is 6.61 Å². The van der Waals surface area contributed by atoms with Gasteiger partial charge in [-0.1, -0.05) is 30.7 Å². The predicted octanol–water partition coefficient (Wildman–Crippen LogP) is 3.23. The third-order valence-corrected chi connectivity index (χ3v) is 3.12. The van der Waals surface area contributed by atoms with Crippen LogP contribution in [0.2, 0.25) is 5.15 Å². The smallest absolute Gasteiger partial charge is 0.198 e. The second-order valence-electron chi connectivity index (χ2n) is 4.31. The summed E-state index contributed by atoms with van der Waals surface area (Å²) in [5.74, 6) is 1.53. The Kier molecular flexibility index (Phi) is 3.52. The highest BCUT2D eigenvalue weighted by Gasteiger charge is 2.11. The molecule has 0 aliphatic carbocycles. The Balaban J connectivity index is 2.05. The van der Waals surface area contributed by atoms with Gasteiger partial charge in [-0.15, -0.1) is 10.2 Å². The fraction of sp³-hybridized carbons (Fsp3) is 0.214. The maximum absolute atomic E-state index is 6.00. The quantitative estimate of drug-likeness (QED) is 0.739. The van der Waals surface area contributed by atoms with Crippen molar-refractivity contribution < 1.29 is 4.74 Å². The van der Waals surface area contributed by atoms with Crippen molar-refractivity contribution in [1.82, 2.24) is 19.6 Å². The van der Waals surface area contributed by atoms with Gasteiger partial charge < -0.3 is 4.74 Å². The number of ether oxygens (including phenoxy) is 1. The van der Waals surface area contributed by atoms with Crippen LogP contribution in [0.5, 0.6) is 5.75 Å². The summed E-state index contributed by atoms with van der Waals surface area (Å²) in [6, 6.07) is 7.77. The van der Waals surface area contributed by atoms with Gasteiger partial charge in [-0.05, 0) is 18.6 Å². The van der Waals surface area contributed by atoms with Crippen molar-refractivity contribution in [3.8, 4) is 17.1 Å². The Morgan fingerprint density at radius 2 is 2.20 bits per heavy atom. The van der Waals surface area contributed by atoms with Gasteiger partial charge in [0.25, 0.3) is 0 Å². The fourth-order valence-electron chi connectivity index (χ4n) is 1.94. The molecule has 0 N–H and O–H groups in total. The number of fused-ring (bicyclic) bond motifs is 1. The number of nitrogens with zero attached hydrogens (tertiary/aromatic N) is 4. The zero-order valence-corrected chi connectivity index (χ0v) is 11.7. The molecule has 0 saturated carbocycles. The zero-order valence-electron chi connectivity index (χ0n) is 11.0. The van der Waals surface area contributed by atoms with Crippen LogP contribution in [0.15, 0.2) is 36.7 Å². The molecule has 0 radical (unpaired) electrons. The lowest BCUT2D eigenvalue weighted by molar-refractivity contribution is 0.317. The van der Waals surface area contributed by atoms with Gasteiger partial charge in [0.1, 0.15) is 5.75 Å². The van der Waals surface area contributed by atoms with E-state index in [1.807, 2.05) is 28.7 Å². The molecule has 1 aromatic carbocycles. The second kappa shape index (κ2) is 5.46. The van der Waals surface area contributed by atoms with Crippen molar-refractivity contribution in [2.24, 2.45) is 0 Å². The van der Waals surface area contributed by atoms with Crippen molar-refractivity contribution in [3.63, 3.8) is 0 Å². The van der Waals surface area contributed by atoms with E-state index in [-0.39, 0.29) is 0 Å². The Morgan fingerprint density at radius 1 is 1.30 bits per heavy atom. The molecule has 0 spiro atoms. The molecule has 2 heterocycles. The number of hydrogen-bond donors (Lipinski definition) is 0. The lowest BCUT2D eigenvalue weighted by Gasteiger charge is -2.06. The van der Waals surface area contributed by atoms with Gasteiger partial charge in [0.15, 0.2) is 16.6 Å². The number of benzene rings is 1. The van der Waals surface area contributed by atoms with Crippen LogP contribution >= 0.6 is 11.6 Å². The summed E-state index contributed by atoms with van der Waals surface area (Å²) in [4.78, 5) is 3.99. The van der Waals surface area contributed by atoms with Crippen molar-refractivity contribution in [2.45, 2.75) is 13.3 Å². The summed E-state index contributed by atoms with van der Waals surface area (Å²) in [7, 11) is 0. The molecule has 0 saturated heterocycles. The molecule has 2 aromatic heterocycles. The topological polar surface area (TPSA) is 52.3 Å². The normalized spacial score (nSPS) is 10.9. The minimum Gasteiger partial charge on any atom is -0.494 e. The van der Waals surface area contributed by atoms with Gasteiger partial charge in [0.05, 0.1) is 6.61 Å². The molecule has 5 nitrogen and oxygen atoms in total. The third-order valence-electron chi connectivity index (χ3n) is 2.85. The lowest BCUT2D eigenvalue weighted by Crippen LogP contribution is -1.96. The van der Waals surface area contributed by atoms with Crippen LogP contribution in [0.25, 0.3) is 17.0 Å². The Labute approximate surface area is 121 Å². The monoisotopic (exact) mass is 288 g/mol. The fourth-order valence-corrected chi connectivity index (χ4v) is 2.12. The standard InChI is InChI=1S/C14H13ClN4O/c1-2-8-20-11-5-3-4-10(9-11)13-17-18-14-12(15)16-6-7-19(13)14/h3-7,9H,2,8H2,1H3. The van der Waals surface area contributed by atoms with Crippen molar-refractivity contribution in [3.05, 3.63) is 41.8 Å². The van der Waals surface area contributed by atoms with Crippen LogP contribution in [0, 0.1) is 0 Å². The Bertz CT molecular complexity index is 741. The van der Waals surface area contributed by atoms with E-state index in [4.69, 9.17) is 16.3 Å². The van der Waals surface area contributed by atoms with E-state index in [2.05, 4.69) is 22.1 Å². The number of halogens is 1. The molecule has 20 heavy (non-hydrogen) atoms. The van der Waals surface area contributed by atoms with E-state index in [1.165, 1.54) is 0 Å². The molecule has 0 atom stereocenters. The average molecular weight is 289 g/mol. The lowest BCUT2D eigenvalue weighted by atomic mass is 10.2. The van der Waals surface area contributed by atoms with E-state index >= 15 is 0 Å². The highest BCUT2D eigenvalue weighted by molar-refractivity contribution is 6.32. The first-order chi connectivity index (χ1) is 9.79. The number of hydrogen-bond acceptors (Lipinski definition) is 4. The second-order valence-corrected chi connectivity index (χ2v) is 4.67. The van der Waals surface area contributed by atoms with E-state index < -0.39 is 0 Å². The first-order valence-electron chi connectivity index (χ1n) is 6.38. The Morgan fingerprint density at radius 3 is 3.05 bits per heavy atom. The van der Waals surface area contributed by atoms with E-state index in [0.29, 0.717) is 23.2 Å². The first-order valence-corrected chi connectivity index (χ1v) is 6.76. The number of aromatic nitrogens is 4. The SMILES string of the molecule is CCCOc1cccc(-c2nnc3c(Cl)nccn23)c1. The van der Waals surface area contributed by atoms with Crippen molar-refractivity contribution in [1.29, 1.82) is 0 Å². The molecule has 102 valence electrons. The highest BCUT2D eigenvalue weighted by Crippen LogP contribution is 2.24. The maximum atomic E-state index is 6.00. The molecule has 0 aliphatic rings. The largest absolute Gasteiger partial charge is 0.494 e. The van der Waals surface area contributed by atoms with Gasteiger partial charge in [0, 0.05) is 18.0 Å². The molecule has 0 aliphatic heterocycles. The third kappa shape index (κ3) is 2.32. The molecular weight excluding hydrogens is 276 g/mol. The molecular formula is C14H13ClN4O. The van der Waals surface area contributed by atoms with Gasteiger partial charge in [-0.3, -0.25) is 4.40 Å². The summed E-state index contributed by atoms with van der Waals surface area (Å²) < 4.78 is 7.45. The molecule has 3 rings (SSSR count). The summed E-state index contributed by atoms with van der Waals surface area (Å²) in [5.41, 5.74) is 1.47. The van der Waals surface area contributed by atoms with Crippen LogP contribution in [-0.2, 0) is 0 Å². The Hall–Kier alpha value is -2.14. The first kappa shape index (κ1) is 12.9. The van der Waals surface area contributed by atoms with E-state index in [1.54, 1.807) is 12.4 Å². The van der Waals surface area contributed by atoms with Crippen LogP contribution in [0.1, 0.15) is 13.3 Å². The average Bonchev–Trinajstić information content (AvgIpc) is 2.91. The predicted molar refractivity (Wildman–Crippen MR) is 77.0 cm³/mol. The van der Waals surface area contributed by atoms with Crippen LogP contribution < -0.4 is 4.74 Å². The summed E-state index contributed by atoms with van der Waals surface area (Å²) >= 11 is 6.00. The highest BCUT2D eigenvalue weighted by atomic mass is 35.5. The van der Waals surface area contributed by atoms with Crippen LogP contribution in [0.3, 0.4) is 0 Å². The van der Waals surface area contributed by atoms with Gasteiger partial charge in [-0.2, -0.15) is 0 Å². The van der Waals surface area contributed by atoms with Gasteiger partial charge in [-0.25, -0.2) is 4.98 Å². The summed E-state index contributed by atoms with van der Waals surface area (Å²) in [5, 5.41) is 8.58. The van der Waals surface area contributed by atoms with Gasteiger partial charge in [0.2, 0.25) is 0 Å². The zero-order chi connectivity index (χ0) is 13.9. The van der Waals surface area contributed by atoms with E-state index in [9.17, 15) is 0 Å². The van der Waals surface area contributed by atoms with E-state index in [0.717, 1.165) is 17.7 Å². The molecule has 0 amide bonds. The molecule has 0 unspecified atom stereocenters. The molecule has 3 aromatic rings. The number of rotatable bonds is 4. The molecule has 0 bridgehead atoms. The summed E-state index contributed by atoms with van der Waals surface area (Å²) in [6.07, 6.45) is 4.38. The van der Waals surface area contributed by atoms with Crippen LogP contribution in [0.4, 0.5) is 0 Å². The van der Waals surface area contributed by atoms with Crippen molar-refractivity contribution >= 4 is 17.2 Å². The van der Waals surface area contributed by atoms with Crippen LogP contribution in [-0.4, -0.2) is 26.2 Å². The van der Waals surface area contributed by atoms with Gasteiger partial charge >= 0.3 is 0 Å². The summed E-state index contributed by atoms with van der Waals surface area (Å²) in [6.45, 7) is 2.77. The molecule has 6 heteroatoms. The maximum Gasteiger partial charge on any atom is 0.198 e. The minimum absolute atomic E-state index is 0.338. The molecule has 0 fully saturated rings.